The molecule has 0 aliphatic heterocycles. The number of aromatic carboxylic acids is 1. The summed E-state index contributed by atoms with van der Waals surface area (Å²) in [5.74, 6) is -0.143. The number of nitrogens with one attached hydrogen (secondary N) is 1. The number of benzene rings is 4. The first-order valence-electron chi connectivity index (χ1n) is 9.55. The van der Waals surface area contributed by atoms with Gasteiger partial charge in [0.25, 0.3) is 0 Å². The molecule has 0 aliphatic rings. The lowest BCUT2D eigenvalue weighted by Crippen LogP contribution is -2.05. The average Bonchev–Trinajstić information content (AvgIpc) is 2.76. The molecule has 0 saturated heterocycles. The van der Waals surface area contributed by atoms with E-state index in [0.29, 0.717) is 18.2 Å². The number of carboxylic acids is 1. The fraction of sp³-hybridized carbons (Fsp3) is 0.0800. The van der Waals surface area contributed by atoms with Gasteiger partial charge >= 0.3 is 5.97 Å². The summed E-state index contributed by atoms with van der Waals surface area (Å²) in [4.78, 5) is 11.0. The van der Waals surface area contributed by atoms with E-state index in [1.165, 1.54) is 0 Å². The summed E-state index contributed by atoms with van der Waals surface area (Å²) >= 11 is 6.08. The number of hydrogen-bond donors (Lipinski definition) is 2. The number of halogens is 1. The number of carbonyl (C=O) groups is 1. The molecule has 0 saturated carbocycles. The van der Waals surface area contributed by atoms with Crippen LogP contribution in [0.2, 0.25) is 5.02 Å². The molecule has 4 aromatic carbocycles. The molecular weight excluding hydrogens is 398 g/mol. The van der Waals surface area contributed by atoms with Crippen molar-refractivity contribution < 1.29 is 14.6 Å². The zero-order valence-corrected chi connectivity index (χ0v) is 16.9. The topological polar surface area (TPSA) is 58.6 Å². The van der Waals surface area contributed by atoms with Crippen LogP contribution < -0.4 is 10.1 Å². The first-order valence-corrected chi connectivity index (χ1v) is 9.93. The molecule has 4 aromatic rings. The number of anilines is 1. The highest BCUT2D eigenvalue weighted by molar-refractivity contribution is 6.30. The van der Waals surface area contributed by atoms with Crippen LogP contribution in [0.3, 0.4) is 0 Å². The van der Waals surface area contributed by atoms with E-state index in [9.17, 15) is 4.79 Å². The molecule has 0 aromatic heterocycles. The van der Waals surface area contributed by atoms with Gasteiger partial charge in [-0.2, -0.15) is 0 Å². The number of carboxylic acid groups (broad SMARTS) is 1. The highest BCUT2D eigenvalue weighted by Gasteiger charge is 2.10. The molecule has 0 heterocycles. The van der Waals surface area contributed by atoms with Crippen LogP contribution in [-0.4, -0.2) is 11.1 Å². The quantitative estimate of drug-likeness (QED) is 0.366. The van der Waals surface area contributed by atoms with E-state index < -0.39 is 5.97 Å². The second-order valence-corrected chi connectivity index (χ2v) is 7.35. The number of rotatable bonds is 7. The van der Waals surface area contributed by atoms with Gasteiger partial charge < -0.3 is 15.2 Å². The van der Waals surface area contributed by atoms with E-state index in [2.05, 4.69) is 17.4 Å². The third-order valence-electron chi connectivity index (χ3n) is 4.88. The summed E-state index contributed by atoms with van der Waals surface area (Å²) in [7, 11) is 0. The Morgan fingerprint density at radius 3 is 2.50 bits per heavy atom. The van der Waals surface area contributed by atoms with Crippen LogP contribution in [0.1, 0.15) is 21.5 Å². The van der Waals surface area contributed by atoms with Crippen LogP contribution >= 0.6 is 11.6 Å². The van der Waals surface area contributed by atoms with Crippen molar-refractivity contribution in [3.05, 3.63) is 107 Å². The Bertz CT molecular complexity index is 1190. The molecule has 0 fully saturated rings. The third kappa shape index (κ3) is 4.56. The lowest BCUT2D eigenvalue weighted by Gasteiger charge is -2.16. The van der Waals surface area contributed by atoms with Crippen LogP contribution in [-0.2, 0) is 13.2 Å². The van der Waals surface area contributed by atoms with E-state index in [-0.39, 0.29) is 5.56 Å². The van der Waals surface area contributed by atoms with E-state index in [1.54, 1.807) is 24.3 Å². The summed E-state index contributed by atoms with van der Waals surface area (Å²) in [5.41, 5.74) is 3.14. The van der Waals surface area contributed by atoms with Gasteiger partial charge in [0.15, 0.2) is 0 Å². The SMILES string of the molecule is O=C(O)c1ccc(NCc2c(OCc3cccc(Cl)c3)ccc3ccccc23)cc1. The van der Waals surface area contributed by atoms with Gasteiger partial charge in [0, 0.05) is 22.8 Å². The summed E-state index contributed by atoms with van der Waals surface area (Å²) in [6, 6.07) is 26.5. The average molecular weight is 418 g/mol. The lowest BCUT2D eigenvalue weighted by molar-refractivity contribution is 0.0697. The maximum Gasteiger partial charge on any atom is 0.335 e. The minimum atomic E-state index is -0.938. The van der Waals surface area contributed by atoms with Crippen molar-refractivity contribution in [3.63, 3.8) is 0 Å². The van der Waals surface area contributed by atoms with Gasteiger partial charge in [0.2, 0.25) is 0 Å². The van der Waals surface area contributed by atoms with Crippen molar-refractivity contribution in [2.75, 3.05) is 5.32 Å². The molecule has 30 heavy (non-hydrogen) atoms. The van der Waals surface area contributed by atoms with Crippen molar-refractivity contribution in [2.24, 2.45) is 0 Å². The maximum absolute atomic E-state index is 11.0. The molecule has 4 rings (SSSR count). The minimum absolute atomic E-state index is 0.260. The van der Waals surface area contributed by atoms with Crippen molar-refractivity contribution in [1.82, 2.24) is 0 Å². The number of hydrogen-bond acceptors (Lipinski definition) is 3. The summed E-state index contributed by atoms with van der Waals surface area (Å²) in [6.07, 6.45) is 0. The van der Waals surface area contributed by atoms with Crippen molar-refractivity contribution in [1.29, 1.82) is 0 Å². The summed E-state index contributed by atoms with van der Waals surface area (Å²) < 4.78 is 6.15. The van der Waals surface area contributed by atoms with Crippen LogP contribution in [0.4, 0.5) is 5.69 Å². The Kier molecular flexibility index (Phi) is 5.87. The van der Waals surface area contributed by atoms with E-state index in [4.69, 9.17) is 21.4 Å². The second kappa shape index (κ2) is 8.89. The van der Waals surface area contributed by atoms with Gasteiger partial charge in [-0.25, -0.2) is 4.79 Å². The van der Waals surface area contributed by atoms with Gasteiger partial charge in [-0.1, -0.05) is 54.1 Å². The largest absolute Gasteiger partial charge is 0.489 e. The number of fused-ring (bicyclic) bond motifs is 1. The zero-order valence-electron chi connectivity index (χ0n) is 16.1. The van der Waals surface area contributed by atoms with E-state index in [1.807, 2.05) is 48.5 Å². The van der Waals surface area contributed by atoms with Crippen molar-refractivity contribution in [3.8, 4) is 5.75 Å². The molecule has 5 heteroatoms. The molecule has 150 valence electrons. The first kappa shape index (κ1) is 19.8. The van der Waals surface area contributed by atoms with E-state index in [0.717, 1.165) is 33.3 Å². The van der Waals surface area contributed by atoms with Crippen LogP contribution in [0, 0.1) is 0 Å². The molecule has 0 aliphatic carbocycles. The molecule has 4 nitrogen and oxygen atoms in total. The van der Waals surface area contributed by atoms with Gasteiger partial charge in [0.05, 0.1) is 5.56 Å². The van der Waals surface area contributed by atoms with Gasteiger partial charge in [-0.05, 0) is 58.8 Å². The highest BCUT2D eigenvalue weighted by Crippen LogP contribution is 2.30. The monoisotopic (exact) mass is 417 g/mol. The Labute approximate surface area is 179 Å². The van der Waals surface area contributed by atoms with Crippen molar-refractivity contribution >= 4 is 34.0 Å². The van der Waals surface area contributed by atoms with E-state index >= 15 is 0 Å². The number of ether oxygens (including phenoxy) is 1. The van der Waals surface area contributed by atoms with Crippen molar-refractivity contribution in [2.45, 2.75) is 13.2 Å². The third-order valence-corrected chi connectivity index (χ3v) is 5.12. The summed E-state index contributed by atoms with van der Waals surface area (Å²) in [6.45, 7) is 0.956. The Hall–Kier alpha value is -3.50. The van der Waals surface area contributed by atoms with Crippen LogP contribution in [0.5, 0.6) is 5.75 Å². The molecular formula is C25H20ClNO3. The molecule has 2 N–H and O–H groups in total. The molecule has 0 atom stereocenters. The summed E-state index contributed by atoms with van der Waals surface area (Å²) in [5, 5.41) is 15.4. The van der Waals surface area contributed by atoms with Crippen LogP contribution in [0.15, 0.2) is 84.9 Å². The molecule has 0 radical (unpaired) electrons. The first-order chi connectivity index (χ1) is 14.6. The normalized spacial score (nSPS) is 10.7. The lowest BCUT2D eigenvalue weighted by atomic mass is 10.0. The molecule has 0 bridgehead atoms. The molecule has 0 spiro atoms. The molecule has 0 amide bonds. The minimum Gasteiger partial charge on any atom is -0.489 e. The predicted molar refractivity (Wildman–Crippen MR) is 120 cm³/mol. The fourth-order valence-corrected chi connectivity index (χ4v) is 3.56. The van der Waals surface area contributed by atoms with Gasteiger partial charge in [-0.15, -0.1) is 0 Å². The van der Waals surface area contributed by atoms with Crippen LogP contribution in [0.25, 0.3) is 10.8 Å². The Balaban J connectivity index is 1.59. The second-order valence-electron chi connectivity index (χ2n) is 6.92. The Morgan fingerprint density at radius 2 is 1.73 bits per heavy atom. The molecule has 0 unspecified atom stereocenters. The standard InChI is InChI=1S/C25H20ClNO3/c26-20-6-3-4-17(14-20)16-30-24-13-10-18-5-1-2-7-22(18)23(24)15-27-21-11-8-19(9-12-21)25(28)29/h1-14,27H,15-16H2,(H,28,29). The smallest absolute Gasteiger partial charge is 0.335 e. The predicted octanol–water partition coefficient (Wildman–Crippen LogP) is 6.38. The van der Waals surface area contributed by atoms with Gasteiger partial charge in [-0.3, -0.25) is 0 Å². The fourth-order valence-electron chi connectivity index (χ4n) is 3.34. The highest BCUT2D eigenvalue weighted by atomic mass is 35.5. The Morgan fingerprint density at radius 1 is 0.933 bits per heavy atom. The van der Waals surface area contributed by atoms with Gasteiger partial charge in [0.1, 0.15) is 12.4 Å². The maximum atomic E-state index is 11.0. The zero-order chi connectivity index (χ0) is 20.9.